The fraction of sp³-hybridized carbons (Fsp3) is 1.00. The Balaban J connectivity index is 2.16. The normalized spacial score (nSPS) is 30.5. The highest BCUT2D eigenvalue weighted by Crippen LogP contribution is 2.28. The SMILES string of the molecule is CCCSC1CCCC(NC)C1. The number of nitrogens with one attached hydrogen (secondary N) is 1. The van der Waals surface area contributed by atoms with Crippen molar-refractivity contribution >= 4 is 11.8 Å². The van der Waals surface area contributed by atoms with Crippen LogP contribution in [0.4, 0.5) is 0 Å². The minimum Gasteiger partial charge on any atom is -0.317 e. The molecule has 0 spiro atoms. The van der Waals surface area contributed by atoms with Gasteiger partial charge < -0.3 is 5.32 Å². The van der Waals surface area contributed by atoms with Crippen LogP contribution in [0, 0.1) is 0 Å². The Kier molecular flexibility index (Phi) is 5.08. The molecule has 0 saturated heterocycles. The van der Waals surface area contributed by atoms with Crippen LogP contribution in [0.5, 0.6) is 0 Å². The Labute approximate surface area is 80.7 Å². The maximum absolute atomic E-state index is 3.40. The van der Waals surface area contributed by atoms with Crippen LogP contribution in [0.25, 0.3) is 0 Å². The van der Waals surface area contributed by atoms with Gasteiger partial charge in [-0.2, -0.15) is 11.8 Å². The van der Waals surface area contributed by atoms with Gasteiger partial charge in [-0.05, 0) is 38.5 Å². The van der Waals surface area contributed by atoms with Gasteiger partial charge in [-0.25, -0.2) is 0 Å². The number of hydrogen-bond acceptors (Lipinski definition) is 2. The van der Waals surface area contributed by atoms with Crippen molar-refractivity contribution in [2.75, 3.05) is 12.8 Å². The minimum atomic E-state index is 0.799. The molecule has 0 aromatic heterocycles. The van der Waals surface area contributed by atoms with Gasteiger partial charge in [-0.15, -0.1) is 0 Å². The monoisotopic (exact) mass is 187 g/mol. The molecule has 1 N–H and O–H groups in total. The molecule has 0 heterocycles. The highest BCUT2D eigenvalue weighted by Gasteiger charge is 2.20. The molecule has 0 aromatic rings. The van der Waals surface area contributed by atoms with Gasteiger partial charge in [0, 0.05) is 11.3 Å². The molecule has 1 aliphatic rings. The summed E-state index contributed by atoms with van der Waals surface area (Å²) in [6.07, 6.45) is 6.97. The van der Waals surface area contributed by atoms with Crippen LogP contribution < -0.4 is 5.32 Å². The average Bonchev–Trinajstić information content (AvgIpc) is 2.15. The highest BCUT2D eigenvalue weighted by molar-refractivity contribution is 7.99. The molecule has 0 radical (unpaired) electrons. The zero-order chi connectivity index (χ0) is 8.81. The van der Waals surface area contributed by atoms with E-state index in [9.17, 15) is 0 Å². The molecule has 0 amide bonds. The summed E-state index contributed by atoms with van der Waals surface area (Å²) in [4.78, 5) is 0. The summed E-state index contributed by atoms with van der Waals surface area (Å²) in [5.41, 5.74) is 0. The van der Waals surface area contributed by atoms with E-state index >= 15 is 0 Å². The Morgan fingerprint density at radius 1 is 1.42 bits per heavy atom. The number of rotatable bonds is 4. The van der Waals surface area contributed by atoms with Crippen LogP contribution >= 0.6 is 11.8 Å². The van der Waals surface area contributed by atoms with E-state index in [2.05, 4.69) is 31.1 Å². The van der Waals surface area contributed by atoms with Crippen molar-refractivity contribution < 1.29 is 0 Å². The first-order valence-electron chi connectivity index (χ1n) is 5.15. The van der Waals surface area contributed by atoms with Crippen LogP contribution in [-0.2, 0) is 0 Å². The predicted octanol–water partition coefficient (Wildman–Crippen LogP) is 2.66. The molecule has 2 heteroatoms. The molecule has 2 atom stereocenters. The van der Waals surface area contributed by atoms with Crippen LogP contribution in [0.2, 0.25) is 0 Å². The summed E-state index contributed by atoms with van der Waals surface area (Å²) < 4.78 is 0. The standard InChI is InChI=1S/C10H21NS/c1-3-7-12-10-6-4-5-9(8-10)11-2/h9-11H,3-8H2,1-2H3. The first-order valence-corrected chi connectivity index (χ1v) is 6.20. The van der Waals surface area contributed by atoms with E-state index in [4.69, 9.17) is 0 Å². The van der Waals surface area contributed by atoms with Gasteiger partial charge in [-0.1, -0.05) is 13.3 Å². The molecule has 1 rings (SSSR count). The van der Waals surface area contributed by atoms with Gasteiger partial charge in [-0.3, -0.25) is 0 Å². The third-order valence-electron chi connectivity index (χ3n) is 2.59. The Morgan fingerprint density at radius 3 is 2.92 bits per heavy atom. The van der Waals surface area contributed by atoms with Gasteiger partial charge in [0.1, 0.15) is 0 Å². The van der Waals surface area contributed by atoms with E-state index < -0.39 is 0 Å². The second-order valence-corrected chi connectivity index (χ2v) is 5.05. The molecule has 12 heavy (non-hydrogen) atoms. The average molecular weight is 187 g/mol. The van der Waals surface area contributed by atoms with Gasteiger partial charge >= 0.3 is 0 Å². The lowest BCUT2D eigenvalue weighted by Crippen LogP contribution is -2.32. The van der Waals surface area contributed by atoms with E-state index in [1.54, 1.807) is 0 Å². The van der Waals surface area contributed by atoms with E-state index in [-0.39, 0.29) is 0 Å². The van der Waals surface area contributed by atoms with Crippen molar-refractivity contribution in [2.45, 2.75) is 50.3 Å². The second-order valence-electron chi connectivity index (χ2n) is 3.65. The zero-order valence-electron chi connectivity index (χ0n) is 8.31. The maximum Gasteiger partial charge on any atom is 0.00746 e. The molecule has 1 aliphatic carbocycles. The topological polar surface area (TPSA) is 12.0 Å². The van der Waals surface area contributed by atoms with Crippen molar-refractivity contribution in [1.29, 1.82) is 0 Å². The summed E-state index contributed by atoms with van der Waals surface area (Å²) in [6, 6.07) is 0.799. The molecule has 0 bridgehead atoms. The van der Waals surface area contributed by atoms with E-state index in [0.29, 0.717) is 0 Å². The molecule has 0 aromatic carbocycles. The Hall–Kier alpha value is 0.310. The fourth-order valence-corrected chi connectivity index (χ4v) is 3.11. The van der Waals surface area contributed by atoms with E-state index in [1.165, 1.54) is 37.9 Å². The van der Waals surface area contributed by atoms with E-state index in [0.717, 1.165) is 11.3 Å². The maximum atomic E-state index is 3.40. The van der Waals surface area contributed by atoms with Gasteiger partial charge in [0.25, 0.3) is 0 Å². The second kappa shape index (κ2) is 5.87. The third kappa shape index (κ3) is 3.36. The highest BCUT2D eigenvalue weighted by atomic mass is 32.2. The molecule has 1 saturated carbocycles. The van der Waals surface area contributed by atoms with Gasteiger partial charge in [0.15, 0.2) is 0 Å². The third-order valence-corrected chi connectivity index (χ3v) is 4.14. The summed E-state index contributed by atoms with van der Waals surface area (Å²) in [5.74, 6) is 1.35. The molecular weight excluding hydrogens is 166 g/mol. The molecule has 0 aliphatic heterocycles. The van der Waals surface area contributed by atoms with Crippen LogP contribution in [-0.4, -0.2) is 24.1 Å². The van der Waals surface area contributed by atoms with E-state index in [1.807, 2.05) is 0 Å². The minimum absolute atomic E-state index is 0.799. The van der Waals surface area contributed by atoms with Crippen LogP contribution in [0.1, 0.15) is 39.0 Å². The van der Waals surface area contributed by atoms with Crippen LogP contribution in [0.3, 0.4) is 0 Å². The quantitative estimate of drug-likeness (QED) is 0.726. The summed E-state index contributed by atoms with van der Waals surface area (Å²) in [5, 5.41) is 4.34. The number of hydrogen-bond donors (Lipinski definition) is 1. The largest absolute Gasteiger partial charge is 0.317 e. The van der Waals surface area contributed by atoms with Crippen LogP contribution in [0.15, 0.2) is 0 Å². The lowest BCUT2D eigenvalue weighted by atomic mass is 9.95. The fourth-order valence-electron chi connectivity index (χ4n) is 1.84. The summed E-state index contributed by atoms with van der Waals surface area (Å²) >= 11 is 2.18. The van der Waals surface area contributed by atoms with Crippen molar-refractivity contribution in [2.24, 2.45) is 0 Å². The van der Waals surface area contributed by atoms with Crippen molar-refractivity contribution in [3.63, 3.8) is 0 Å². The molecule has 2 unspecified atom stereocenters. The van der Waals surface area contributed by atoms with Crippen molar-refractivity contribution in [1.82, 2.24) is 5.32 Å². The first-order chi connectivity index (χ1) is 5.86. The lowest BCUT2D eigenvalue weighted by Gasteiger charge is -2.28. The van der Waals surface area contributed by atoms with Crippen molar-refractivity contribution in [3.8, 4) is 0 Å². The molecule has 1 nitrogen and oxygen atoms in total. The lowest BCUT2D eigenvalue weighted by molar-refractivity contribution is 0.402. The summed E-state index contributed by atoms with van der Waals surface area (Å²) in [7, 11) is 2.09. The zero-order valence-corrected chi connectivity index (χ0v) is 9.12. The Bertz CT molecular complexity index is 116. The Morgan fingerprint density at radius 2 is 2.25 bits per heavy atom. The molecular formula is C10H21NS. The summed E-state index contributed by atoms with van der Waals surface area (Å²) in [6.45, 7) is 2.27. The van der Waals surface area contributed by atoms with Crippen molar-refractivity contribution in [3.05, 3.63) is 0 Å². The predicted molar refractivity (Wildman–Crippen MR) is 57.9 cm³/mol. The molecule has 72 valence electrons. The smallest absolute Gasteiger partial charge is 0.00746 e. The number of thioether (sulfide) groups is 1. The van der Waals surface area contributed by atoms with Gasteiger partial charge in [0.05, 0.1) is 0 Å². The first kappa shape index (κ1) is 10.4. The molecule has 1 fully saturated rings. The van der Waals surface area contributed by atoms with Gasteiger partial charge in [0.2, 0.25) is 0 Å².